The molecule has 0 amide bonds. The lowest BCUT2D eigenvalue weighted by Gasteiger charge is -2.10. The Balaban J connectivity index is 2.17. The lowest BCUT2D eigenvalue weighted by Crippen LogP contribution is -1.85. The van der Waals surface area contributed by atoms with Crippen LogP contribution in [0.15, 0.2) is 39.8 Å². The predicted molar refractivity (Wildman–Crippen MR) is 63.3 cm³/mol. The number of hydrogen-bond donors (Lipinski definition) is 0. The van der Waals surface area contributed by atoms with Crippen LogP contribution in [0.25, 0.3) is 6.08 Å². The topological polar surface area (TPSA) is 0 Å². The zero-order valence-corrected chi connectivity index (χ0v) is 9.23. The summed E-state index contributed by atoms with van der Waals surface area (Å²) in [6.07, 6.45) is 5.81. The van der Waals surface area contributed by atoms with Crippen molar-refractivity contribution in [2.75, 3.05) is 0 Å². The molecule has 1 aliphatic heterocycles. The van der Waals surface area contributed by atoms with Gasteiger partial charge in [0.05, 0.1) is 0 Å². The molecular weight excluding hydrogens is 188 g/mol. The van der Waals surface area contributed by atoms with Crippen molar-refractivity contribution in [1.29, 1.82) is 0 Å². The molecule has 0 N–H and O–H groups in total. The Labute approximate surface area is 89.7 Å². The zero-order chi connectivity index (χ0) is 9.80. The molecule has 2 rings (SSSR count). The second kappa shape index (κ2) is 4.54. The second-order valence-electron chi connectivity index (χ2n) is 3.46. The number of fused-ring (bicyclic) bond motifs is 1. The van der Waals surface area contributed by atoms with Gasteiger partial charge in [0.25, 0.3) is 0 Å². The van der Waals surface area contributed by atoms with E-state index in [1.54, 1.807) is 0 Å². The Morgan fingerprint density at radius 1 is 1.29 bits per heavy atom. The van der Waals surface area contributed by atoms with Crippen molar-refractivity contribution >= 4 is 17.8 Å². The molecule has 0 aromatic heterocycles. The molecule has 0 unspecified atom stereocenters. The third-order valence-electron chi connectivity index (χ3n) is 2.30. The van der Waals surface area contributed by atoms with Crippen molar-refractivity contribution in [3.63, 3.8) is 0 Å². The number of thioether (sulfide) groups is 1. The van der Waals surface area contributed by atoms with E-state index < -0.39 is 0 Å². The van der Waals surface area contributed by atoms with Gasteiger partial charge in [0.1, 0.15) is 0 Å². The van der Waals surface area contributed by atoms with E-state index >= 15 is 0 Å². The number of hydrogen-bond acceptors (Lipinski definition) is 1. The Hall–Kier alpha value is -0.910. The van der Waals surface area contributed by atoms with Crippen molar-refractivity contribution in [2.24, 2.45) is 0 Å². The van der Waals surface area contributed by atoms with Gasteiger partial charge in [-0.25, -0.2) is 0 Å². The summed E-state index contributed by atoms with van der Waals surface area (Å²) in [5, 5.41) is 0. The minimum atomic E-state index is 1.17. The largest absolute Gasteiger partial charge is 0.109 e. The summed E-state index contributed by atoms with van der Waals surface area (Å²) in [7, 11) is 0. The molecule has 1 aliphatic rings. The molecule has 0 spiro atoms. The van der Waals surface area contributed by atoms with Gasteiger partial charge in [-0.1, -0.05) is 43.3 Å². The maximum atomic E-state index is 3.36. The number of unbranched alkanes of at least 4 members (excludes halogenated alkanes) is 1. The van der Waals surface area contributed by atoms with E-state index in [9.17, 15) is 0 Å². The van der Waals surface area contributed by atoms with Crippen LogP contribution >= 0.6 is 11.8 Å². The summed E-state index contributed by atoms with van der Waals surface area (Å²) < 4.78 is 0. The third kappa shape index (κ3) is 2.12. The predicted octanol–water partition coefficient (Wildman–Crippen LogP) is 4.48. The van der Waals surface area contributed by atoms with Gasteiger partial charge in [-0.2, -0.15) is 0 Å². The molecular formula is C13H14S. The fraction of sp³-hybridized carbons (Fsp3) is 0.308. The van der Waals surface area contributed by atoms with Gasteiger partial charge in [0.15, 0.2) is 0 Å². The van der Waals surface area contributed by atoms with Gasteiger partial charge in [0, 0.05) is 9.80 Å². The van der Waals surface area contributed by atoms with E-state index in [0.29, 0.717) is 0 Å². The number of rotatable bonds is 3. The molecule has 0 saturated carbocycles. The first kappa shape index (κ1) is 9.64. The van der Waals surface area contributed by atoms with E-state index in [1.807, 2.05) is 11.8 Å². The van der Waals surface area contributed by atoms with Crippen LogP contribution in [-0.2, 0) is 0 Å². The summed E-state index contributed by atoms with van der Waals surface area (Å²) in [6, 6.07) is 8.51. The monoisotopic (exact) mass is 202 g/mol. The quantitative estimate of drug-likeness (QED) is 0.651. The highest BCUT2D eigenvalue weighted by Gasteiger charge is 2.07. The molecule has 0 nitrogen and oxygen atoms in total. The highest BCUT2D eigenvalue weighted by atomic mass is 32.2. The average Bonchev–Trinajstić information content (AvgIpc) is 2.26. The van der Waals surface area contributed by atoms with Gasteiger partial charge in [-0.15, -0.1) is 5.73 Å². The van der Waals surface area contributed by atoms with Gasteiger partial charge in [0.2, 0.25) is 0 Å². The van der Waals surface area contributed by atoms with Crippen LogP contribution in [0.4, 0.5) is 0 Å². The van der Waals surface area contributed by atoms with Crippen LogP contribution in [-0.4, -0.2) is 0 Å². The first-order chi connectivity index (χ1) is 6.90. The van der Waals surface area contributed by atoms with Gasteiger partial charge >= 0.3 is 0 Å². The van der Waals surface area contributed by atoms with Crippen molar-refractivity contribution in [3.05, 3.63) is 40.5 Å². The Kier molecular flexibility index (Phi) is 3.13. The highest BCUT2D eigenvalue weighted by molar-refractivity contribution is 8.03. The van der Waals surface area contributed by atoms with Crippen LogP contribution in [0.2, 0.25) is 0 Å². The summed E-state index contributed by atoms with van der Waals surface area (Å²) in [5.74, 6) is 0. The van der Waals surface area contributed by atoms with Crippen molar-refractivity contribution in [1.82, 2.24) is 0 Å². The first-order valence-corrected chi connectivity index (χ1v) is 5.94. The summed E-state index contributed by atoms with van der Waals surface area (Å²) >= 11 is 1.87. The summed E-state index contributed by atoms with van der Waals surface area (Å²) in [6.45, 7) is 2.23. The lowest BCUT2D eigenvalue weighted by atomic mass is 10.2. The fourth-order valence-corrected chi connectivity index (χ4v) is 2.49. The Morgan fingerprint density at radius 3 is 3.00 bits per heavy atom. The van der Waals surface area contributed by atoms with E-state index in [0.717, 1.165) is 0 Å². The molecule has 1 heteroatoms. The summed E-state index contributed by atoms with van der Waals surface area (Å²) in [5.41, 5.74) is 4.67. The number of allylic oxidation sites excluding steroid dienone is 1. The third-order valence-corrected chi connectivity index (χ3v) is 3.46. The van der Waals surface area contributed by atoms with Crippen LogP contribution in [0.5, 0.6) is 0 Å². The van der Waals surface area contributed by atoms with E-state index in [1.165, 1.54) is 34.6 Å². The smallest absolute Gasteiger partial charge is 0.0316 e. The average molecular weight is 202 g/mol. The van der Waals surface area contributed by atoms with Crippen LogP contribution in [0.1, 0.15) is 31.7 Å². The molecule has 0 radical (unpaired) electrons. The van der Waals surface area contributed by atoms with Crippen molar-refractivity contribution in [3.8, 4) is 0 Å². The SMILES string of the molecule is CCCCC1=C=Cc2ccccc2S1. The van der Waals surface area contributed by atoms with Crippen LogP contribution in [0, 0.1) is 0 Å². The summed E-state index contributed by atoms with van der Waals surface area (Å²) in [4.78, 5) is 2.75. The highest BCUT2D eigenvalue weighted by Crippen LogP contribution is 2.35. The fourth-order valence-electron chi connectivity index (χ4n) is 1.47. The molecule has 0 atom stereocenters. The minimum Gasteiger partial charge on any atom is -0.109 e. The van der Waals surface area contributed by atoms with Crippen molar-refractivity contribution in [2.45, 2.75) is 31.1 Å². The first-order valence-electron chi connectivity index (χ1n) is 5.12. The molecule has 1 heterocycles. The van der Waals surface area contributed by atoms with Crippen molar-refractivity contribution < 1.29 is 0 Å². The molecule has 0 aliphatic carbocycles. The zero-order valence-electron chi connectivity index (χ0n) is 8.42. The number of benzene rings is 1. The Morgan fingerprint density at radius 2 is 2.14 bits per heavy atom. The molecule has 0 saturated heterocycles. The van der Waals surface area contributed by atoms with Gasteiger partial charge in [-0.05, 0) is 30.5 Å². The lowest BCUT2D eigenvalue weighted by molar-refractivity contribution is 0.809. The minimum absolute atomic E-state index is 1.17. The Bertz CT molecular complexity index is 384. The van der Waals surface area contributed by atoms with Gasteiger partial charge < -0.3 is 0 Å². The van der Waals surface area contributed by atoms with Crippen LogP contribution in [0.3, 0.4) is 0 Å². The molecule has 0 fully saturated rings. The molecule has 14 heavy (non-hydrogen) atoms. The molecule has 0 bridgehead atoms. The maximum Gasteiger partial charge on any atom is 0.0316 e. The standard InChI is InChI=1S/C13H14S/c1-2-3-7-12-10-9-11-6-4-5-8-13(11)14-12/h4-6,8-9H,2-3,7H2,1H3. The maximum absolute atomic E-state index is 3.36. The molecule has 1 aromatic rings. The molecule has 72 valence electrons. The van der Waals surface area contributed by atoms with E-state index in [4.69, 9.17) is 0 Å². The second-order valence-corrected chi connectivity index (χ2v) is 4.59. The normalized spacial score (nSPS) is 13.6. The van der Waals surface area contributed by atoms with E-state index in [2.05, 4.69) is 43.0 Å². The van der Waals surface area contributed by atoms with Gasteiger partial charge in [-0.3, -0.25) is 0 Å². The van der Waals surface area contributed by atoms with E-state index in [-0.39, 0.29) is 0 Å². The van der Waals surface area contributed by atoms with Crippen LogP contribution < -0.4 is 0 Å². The molecule has 1 aromatic carbocycles.